The van der Waals surface area contributed by atoms with Crippen molar-refractivity contribution in [3.8, 4) is 11.3 Å². The molecule has 2 heterocycles. The lowest BCUT2D eigenvalue weighted by Gasteiger charge is -2.09. The Morgan fingerprint density at radius 2 is 1.97 bits per heavy atom. The minimum absolute atomic E-state index is 0.108. The fourth-order valence-electron chi connectivity index (χ4n) is 3.11. The van der Waals surface area contributed by atoms with Gasteiger partial charge in [0.05, 0.1) is 17.0 Å². The van der Waals surface area contributed by atoms with Crippen LogP contribution in [-0.4, -0.2) is 26.3 Å². The van der Waals surface area contributed by atoms with Crippen LogP contribution < -0.4 is 5.32 Å². The van der Waals surface area contributed by atoms with Crippen LogP contribution in [0.1, 0.15) is 16.7 Å². The molecule has 2 aromatic carbocycles. The van der Waals surface area contributed by atoms with E-state index in [0.717, 1.165) is 33.1 Å². The van der Waals surface area contributed by atoms with Crippen LogP contribution in [0.4, 0.5) is 5.69 Å². The van der Waals surface area contributed by atoms with Crippen LogP contribution >= 0.6 is 23.4 Å². The van der Waals surface area contributed by atoms with E-state index in [4.69, 9.17) is 11.6 Å². The first-order valence-electron chi connectivity index (χ1n) is 9.52. The molecule has 0 radical (unpaired) electrons. The number of carbonyl (C=O) groups excluding carboxylic acids is 1. The van der Waals surface area contributed by atoms with E-state index in [9.17, 15) is 4.79 Å². The fraction of sp³-hybridized carbons (Fsp3) is 0.174. The fourth-order valence-corrected chi connectivity index (χ4v) is 4.06. The van der Waals surface area contributed by atoms with Gasteiger partial charge >= 0.3 is 0 Å². The maximum Gasteiger partial charge on any atom is 0.234 e. The molecule has 1 amide bonds. The molecule has 1 N–H and O–H groups in total. The van der Waals surface area contributed by atoms with E-state index in [0.29, 0.717) is 5.02 Å². The predicted molar refractivity (Wildman–Crippen MR) is 123 cm³/mol. The molecule has 0 atom stereocenters. The summed E-state index contributed by atoms with van der Waals surface area (Å²) in [6.07, 6.45) is 3.52. The SMILES string of the molecule is Cc1ccc(-c2cc3c(SCC(=O)Nc4cccc(Cl)c4C)nccn3n2)cc1C. The highest BCUT2D eigenvalue weighted by Crippen LogP contribution is 2.28. The standard InChI is InChI=1S/C23H21ClN4OS/c1-14-7-8-17(11-15(14)2)20-12-21-23(25-9-10-28(21)27-20)30-13-22(29)26-19-6-4-5-18(24)16(19)3/h4-12H,13H2,1-3H3,(H,26,29). The van der Waals surface area contributed by atoms with Gasteiger partial charge in [-0.05, 0) is 61.7 Å². The topological polar surface area (TPSA) is 59.3 Å². The molecule has 7 heteroatoms. The number of hydrogen-bond acceptors (Lipinski definition) is 4. The maximum atomic E-state index is 12.5. The number of rotatable bonds is 5. The Kier molecular flexibility index (Phi) is 5.79. The molecular weight excluding hydrogens is 416 g/mol. The molecule has 0 aliphatic heterocycles. The van der Waals surface area contributed by atoms with Gasteiger partial charge in [0.1, 0.15) is 5.03 Å². The van der Waals surface area contributed by atoms with Crippen LogP contribution in [0.3, 0.4) is 0 Å². The second-order valence-corrected chi connectivity index (χ2v) is 8.51. The number of thioether (sulfide) groups is 1. The number of halogens is 1. The summed E-state index contributed by atoms with van der Waals surface area (Å²) in [5, 5.41) is 8.99. The van der Waals surface area contributed by atoms with Crippen LogP contribution in [0.5, 0.6) is 0 Å². The third-order valence-corrected chi connectivity index (χ3v) is 6.44. The summed E-state index contributed by atoms with van der Waals surface area (Å²) in [6, 6.07) is 13.8. The Hall–Kier alpha value is -2.83. The molecule has 0 spiro atoms. The molecule has 0 fully saturated rings. The van der Waals surface area contributed by atoms with Crippen molar-refractivity contribution in [3.63, 3.8) is 0 Å². The third-order valence-electron chi connectivity index (χ3n) is 5.04. The monoisotopic (exact) mass is 436 g/mol. The summed E-state index contributed by atoms with van der Waals surface area (Å²) in [5.74, 6) is 0.131. The molecule has 0 aliphatic rings. The van der Waals surface area contributed by atoms with Gasteiger partial charge in [0.2, 0.25) is 5.91 Å². The number of amides is 1. The van der Waals surface area contributed by atoms with E-state index >= 15 is 0 Å². The molecule has 0 bridgehead atoms. The largest absolute Gasteiger partial charge is 0.325 e. The first kappa shape index (κ1) is 20.4. The average Bonchev–Trinajstić information content (AvgIpc) is 3.17. The Labute approximate surface area is 184 Å². The van der Waals surface area contributed by atoms with Gasteiger partial charge in [0, 0.05) is 28.7 Å². The van der Waals surface area contributed by atoms with Crippen LogP contribution in [0, 0.1) is 20.8 Å². The minimum Gasteiger partial charge on any atom is -0.325 e. The molecule has 5 nitrogen and oxygen atoms in total. The van der Waals surface area contributed by atoms with Gasteiger partial charge in [-0.2, -0.15) is 5.10 Å². The number of nitrogens with one attached hydrogen (secondary N) is 1. The van der Waals surface area contributed by atoms with Gasteiger partial charge in [0.15, 0.2) is 0 Å². The number of nitrogens with zero attached hydrogens (tertiary/aromatic N) is 3. The summed E-state index contributed by atoms with van der Waals surface area (Å²) < 4.78 is 1.80. The number of carbonyl (C=O) groups is 1. The molecular formula is C23H21ClN4OS. The smallest absolute Gasteiger partial charge is 0.234 e. The van der Waals surface area contributed by atoms with Gasteiger partial charge in [0.25, 0.3) is 0 Å². The van der Waals surface area contributed by atoms with E-state index in [2.05, 4.69) is 47.4 Å². The first-order chi connectivity index (χ1) is 14.4. The second kappa shape index (κ2) is 8.50. The van der Waals surface area contributed by atoms with Crippen molar-refractivity contribution in [2.45, 2.75) is 25.8 Å². The lowest BCUT2D eigenvalue weighted by molar-refractivity contribution is -0.113. The first-order valence-corrected chi connectivity index (χ1v) is 10.9. The average molecular weight is 437 g/mol. The number of aryl methyl sites for hydroxylation is 2. The Morgan fingerprint density at radius 1 is 1.13 bits per heavy atom. The molecule has 30 heavy (non-hydrogen) atoms. The number of benzene rings is 2. The second-order valence-electron chi connectivity index (χ2n) is 7.14. The zero-order chi connectivity index (χ0) is 21.3. The Balaban J connectivity index is 1.53. The van der Waals surface area contributed by atoms with E-state index in [1.165, 1.54) is 22.9 Å². The number of aromatic nitrogens is 3. The van der Waals surface area contributed by atoms with Crippen LogP contribution in [0.25, 0.3) is 16.8 Å². The molecule has 2 aromatic heterocycles. The van der Waals surface area contributed by atoms with Crippen LogP contribution in [0.2, 0.25) is 5.02 Å². The van der Waals surface area contributed by atoms with Crippen LogP contribution in [-0.2, 0) is 4.79 Å². The highest BCUT2D eigenvalue weighted by molar-refractivity contribution is 8.00. The minimum atomic E-state index is -0.108. The van der Waals surface area contributed by atoms with Crippen molar-refractivity contribution in [2.24, 2.45) is 0 Å². The molecule has 4 rings (SSSR count). The lowest BCUT2D eigenvalue weighted by atomic mass is 10.0. The van der Waals surface area contributed by atoms with Crippen molar-refractivity contribution in [3.05, 3.63) is 76.6 Å². The van der Waals surface area contributed by atoms with E-state index in [-0.39, 0.29) is 11.7 Å². The predicted octanol–water partition coefficient (Wildman–Crippen LogP) is 5.71. The van der Waals surface area contributed by atoms with E-state index < -0.39 is 0 Å². The van der Waals surface area contributed by atoms with E-state index in [1.54, 1.807) is 16.8 Å². The lowest BCUT2D eigenvalue weighted by Crippen LogP contribution is -2.15. The zero-order valence-corrected chi connectivity index (χ0v) is 18.5. The zero-order valence-electron chi connectivity index (χ0n) is 16.9. The van der Waals surface area contributed by atoms with Crippen molar-refractivity contribution < 1.29 is 4.79 Å². The number of hydrogen-bond donors (Lipinski definition) is 1. The van der Waals surface area contributed by atoms with Gasteiger partial charge in [-0.1, -0.05) is 41.6 Å². The van der Waals surface area contributed by atoms with Gasteiger partial charge in [-0.15, -0.1) is 0 Å². The van der Waals surface area contributed by atoms with Crippen molar-refractivity contribution in [1.29, 1.82) is 0 Å². The Bertz CT molecular complexity index is 1250. The van der Waals surface area contributed by atoms with E-state index in [1.807, 2.05) is 31.3 Å². The molecule has 0 saturated heterocycles. The highest BCUT2D eigenvalue weighted by Gasteiger charge is 2.13. The van der Waals surface area contributed by atoms with Crippen molar-refractivity contribution in [2.75, 3.05) is 11.1 Å². The van der Waals surface area contributed by atoms with Gasteiger partial charge < -0.3 is 5.32 Å². The van der Waals surface area contributed by atoms with Gasteiger partial charge in [-0.3, -0.25) is 4.79 Å². The number of fused-ring (bicyclic) bond motifs is 1. The Morgan fingerprint density at radius 3 is 2.77 bits per heavy atom. The molecule has 0 saturated carbocycles. The summed E-state index contributed by atoms with van der Waals surface area (Å²) in [7, 11) is 0. The summed E-state index contributed by atoms with van der Waals surface area (Å²) in [5.41, 5.74) is 6.88. The van der Waals surface area contributed by atoms with Crippen LogP contribution in [0.15, 0.2) is 59.9 Å². The number of anilines is 1. The van der Waals surface area contributed by atoms with Crippen molar-refractivity contribution in [1.82, 2.24) is 14.6 Å². The maximum absolute atomic E-state index is 12.5. The highest BCUT2D eigenvalue weighted by atomic mass is 35.5. The van der Waals surface area contributed by atoms with Crippen molar-refractivity contribution >= 4 is 40.5 Å². The normalized spacial score (nSPS) is 11.1. The molecule has 0 aliphatic carbocycles. The molecule has 4 aromatic rings. The van der Waals surface area contributed by atoms with Gasteiger partial charge in [-0.25, -0.2) is 9.50 Å². The summed E-state index contributed by atoms with van der Waals surface area (Å²) in [6.45, 7) is 6.07. The quantitative estimate of drug-likeness (QED) is 0.407. The third kappa shape index (κ3) is 4.20. The molecule has 152 valence electrons. The summed E-state index contributed by atoms with van der Waals surface area (Å²) in [4.78, 5) is 16.9. The summed E-state index contributed by atoms with van der Waals surface area (Å²) >= 11 is 7.52. The molecule has 0 unspecified atom stereocenters.